The van der Waals surface area contributed by atoms with Crippen molar-refractivity contribution in [3.8, 4) is 11.5 Å². The number of halogens is 3. The van der Waals surface area contributed by atoms with Crippen molar-refractivity contribution in [1.29, 1.82) is 0 Å². The first-order valence-electron chi connectivity index (χ1n) is 5.79. The molecule has 2 aromatic rings. The van der Waals surface area contributed by atoms with Crippen molar-refractivity contribution < 1.29 is 23.4 Å². The number of benzene rings is 2. The zero-order chi connectivity index (χ0) is 14.3. The van der Waals surface area contributed by atoms with Crippen LogP contribution in [-0.2, 0) is 0 Å². The number of rotatable bonds is 2. The van der Waals surface area contributed by atoms with E-state index in [0.29, 0.717) is 21.5 Å². The van der Waals surface area contributed by atoms with Gasteiger partial charge in [-0.2, -0.15) is 0 Å². The molecule has 6 heteroatoms. The average Bonchev–Trinajstić information content (AvgIpc) is 2.90. The van der Waals surface area contributed by atoms with E-state index in [1.54, 1.807) is 12.1 Å². The van der Waals surface area contributed by atoms with E-state index in [1.165, 1.54) is 12.1 Å². The number of hydrogen-bond donors (Lipinski definition) is 1. The highest BCUT2D eigenvalue weighted by atomic mass is 79.9. The fourth-order valence-corrected chi connectivity index (χ4v) is 2.63. The van der Waals surface area contributed by atoms with Crippen LogP contribution in [0.2, 0.25) is 0 Å². The Hall–Kier alpha value is -1.66. The van der Waals surface area contributed by atoms with Gasteiger partial charge in [0.15, 0.2) is 23.1 Å². The van der Waals surface area contributed by atoms with Crippen molar-refractivity contribution in [2.75, 3.05) is 6.79 Å². The van der Waals surface area contributed by atoms with Gasteiger partial charge in [-0.3, -0.25) is 0 Å². The summed E-state index contributed by atoms with van der Waals surface area (Å²) < 4.78 is 38.0. The SMILES string of the molecule is OC(c1cc(Br)c2c(c1)OCO2)c1cccc(F)c1F. The van der Waals surface area contributed by atoms with Gasteiger partial charge in [-0.05, 0) is 39.7 Å². The van der Waals surface area contributed by atoms with E-state index >= 15 is 0 Å². The quantitative estimate of drug-likeness (QED) is 0.907. The Bertz CT molecular complexity index is 676. The standard InChI is InChI=1S/C14H9BrF2O3/c15-9-4-7(5-11-14(9)20-6-19-11)13(18)8-2-1-3-10(16)12(8)17/h1-5,13,18H,6H2. The molecule has 1 heterocycles. The Morgan fingerprint density at radius 2 is 2.00 bits per heavy atom. The van der Waals surface area contributed by atoms with Gasteiger partial charge in [-0.25, -0.2) is 8.78 Å². The van der Waals surface area contributed by atoms with Crippen molar-refractivity contribution >= 4 is 15.9 Å². The Kier molecular flexibility index (Phi) is 3.35. The van der Waals surface area contributed by atoms with Crippen LogP contribution < -0.4 is 9.47 Å². The summed E-state index contributed by atoms with van der Waals surface area (Å²) in [6.45, 7) is 0.0851. The summed E-state index contributed by atoms with van der Waals surface area (Å²) in [7, 11) is 0. The van der Waals surface area contributed by atoms with Crippen LogP contribution in [0.4, 0.5) is 8.78 Å². The lowest BCUT2D eigenvalue weighted by Crippen LogP contribution is -2.04. The molecule has 0 radical (unpaired) electrons. The van der Waals surface area contributed by atoms with E-state index in [9.17, 15) is 13.9 Å². The van der Waals surface area contributed by atoms with Gasteiger partial charge in [0.2, 0.25) is 6.79 Å². The highest BCUT2D eigenvalue weighted by Crippen LogP contribution is 2.42. The number of hydrogen-bond acceptors (Lipinski definition) is 3. The maximum atomic E-state index is 13.7. The molecule has 20 heavy (non-hydrogen) atoms. The molecule has 0 spiro atoms. The average molecular weight is 343 g/mol. The molecule has 1 atom stereocenters. The monoisotopic (exact) mass is 342 g/mol. The second-order valence-electron chi connectivity index (χ2n) is 4.28. The van der Waals surface area contributed by atoms with Crippen molar-refractivity contribution in [3.63, 3.8) is 0 Å². The Balaban J connectivity index is 2.05. The summed E-state index contributed by atoms with van der Waals surface area (Å²) >= 11 is 3.29. The van der Waals surface area contributed by atoms with Crippen molar-refractivity contribution in [2.24, 2.45) is 0 Å². The highest BCUT2D eigenvalue weighted by molar-refractivity contribution is 9.10. The topological polar surface area (TPSA) is 38.7 Å². The second kappa shape index (κ2) is 5.03. The van der Waals surface area contributed by atoms with E-state index in [4.69, 9.17) is 9.47 Å². The molecule has 0 aromatic heterocycles. The first kappa shape index (κ1) is 13.3. The van der Waals surface area contributed by atoms with Crippen LogP contribution >= 0.6 is 15.9 Å². The normalized spacial score (nSPS) is 14.4. The van der Waals surface area contributed by atoms with E-state index in [-0.39, 0.29) is 12.4 Å². The predicted octanol–water partition coefficient (Wildman–Crippen LogP) is 3.54. The van der Waals surface area contributed by atoms with Crippen LogP contribution in [0.1, 0.15) is 17.2 Å². The fraction of sp³-hybridized carbons (Fsp3) is 0.143. The lowest BCUT2D eigenvalue weighted by atomic mass is 10.0. The molecule has 3 nitrogen and oxygen atoms in total. The molecule has 1 unspecified atom stereocenters. The third-order valence-corrected chi connectivity index (χ3v) is 3.63. The van der Waals surface area contributed by atoms with Crippen LogP contribution in [-0.4, -0.2) is 11.9 Å². The van der Waals surface area contributed by atoms with Gasteiger partial charge in [0.1, 0.15) is 6.10 Å². The minimum atomic E-state index is -1.29. The first-order chi connectivity index (χ1) is 9.58. The zero-order valence-electron chi connectivity index (χ0n) is 10.1. The number of ether oxygens (including phenoxy) is 2. The molecule has 3 rings (SSSR count). The largest absolute Gasteiger partial charge is 0.454 e. The van der Waals surface area contributed by atoms with Gasteiger partial charge in [0.25, 0.3) is 0 Å². The van der Waals surface area contributed by atoms with Crippen LogP contribution in [0.25, 0.3) is 0 Å². The van der Waals surface area contributed by atoms with E-state index in [1.807, 2.05) is 0 Å². The third kappa shape index (κ3) is 2.14. The molecule has 1 aliphatic rings. The molecule has 2 aromatic carbocycles. The summed E-state index contributed by atoms with van der Waals surface area (Å²) in [5.41, 5.74) is 0.251. The van der Waals surface area contributed by atoms with Crippen LogP contribution in [0.3, 0.4) is 0 Å². The molecule has 0 saturated carbocycles. The van der Waals surface area contributed by atoms with Crippen LogP contribution in [0.5, 0.6) is 11.5 Å². The number of fused-ring (bicyclic) bond motifs is 1. The summed E-state index contributed by atoms with van der Waals surface area (Å²) in [4.78, 5) is 0. The second-order valence-corrected chi connectivity index (χ2v) is 5.14. The lowest BCUT2D eigenvalue weighted by Gasteiger charge is -2.14. The van der Waals surface area contributed by atoms with Crippen LogP contribution in [0, 0.1) is 11.6 Å². The maximum absolute atomic E-state index is 13.7. The number of aliphatic hydroxyl groups is 1. The van der Waals surface area contributed by atoms with Crippen molar-refractivity contribution in [2.45, 2.75) is 6.10 Å². The van der Waals surface area contributed by atoms with Gasteiger partial charge in [0.05, 0.1) is 4.47 Å². The molecule has 1 aliphatic heterocycles. The molecular weight excluding hydrogens is 334 g/mol. The van der Waals surface area contributed by atoms with Gasteiger partial charge in [-0.1, -0.05) is 12.1 Å². The highest BCUT2D eigenvalue weighted by Gasteiger charge is 2.23. The minimum Gasteiger partial charge on any atom is -0.454 e. The van der Waals surface area contributed by atoms with E-state index in [2.05, 4.69) is 15.9 Å². The predicted molar refractivity (Wildman–Crippen MR) is 70.7 cm³/mol. The smallest absolute Gasteiger partial charge is 0.231 e. The Labute approximate surface area is 121 Å². The van der Waals surface area contributed by atoms with Gasteiger partial charge in [0, 0.05) is 5.56 Å². The molecule has 0 bridgehead atoms. The summed E-state index contributed by atoms with van der Waals surface area (Å²) in [5, 5.41) is 10.2. The molecule has 1 N–H and O–H groups in total. The summed E-state index contributed by atoms with van der Waals surface area (Å²) in [6.07, 6.45) is -1.29. The van der Waals surface area contributed by atoms with Crippen LogP contribution in [0.15, 0.2) is 34.8 Å². The Morgan fingerprint density at radius 1 is 1.20 bits per heavy atom. The minimum absolute atomic E-state index is 0.0851. The van der Waals surface area contributed by atoms with Gasteiger partial charge in [-0.15, -0.1) is 0 Å². The van der Waals surface area contributed by atoms with Crippen molar-refractivity contribution in [1.82, 2.24) is 0 Å². The zero-order valence-corrected chi connectivity index (χ0v) is 11.7. The molecule has 0 fully saturated rings. The lowest BCUT2D eigenvalue weighted by molar-refractivity contribution is 0.173. The summed E-state index contributed by atoms with van der Waals surface area (Å²) in [6, 6.07) is 6.81. The number of aliphatic hydroxyl groups excluding tert-OH is 1. The summed E-state index contributed by atoms with van der Waals surface area (Å²) in [5.74, 6) is -1.08. The molecule has 0 aliphatic carbocycles. The molecular formula is C14H9BrF2O3. The van der Waals surface area contributed by atoms with Gasteiger partial charge >= 0.3 is 0 Å². The first-order valence-corrected chi connectivity index (χ1v) is 6.58. The van der Waals surface area contributed by atoms with E-state index < -0.39 is 17.7 Å². The molecule has 0 amide bonds. The third-order valence-electron chi connectivity index (χ3n) is 3.04. The van der Waals surface area contributed by atoms with Crippen molar-refractivity contribution in [3.05, 3.63) is 57.6 Å². The molecule has 0 saturated heterocycles. The molecule has 104 valence electrons. The van der Waals surface area contributed by atoms with Gasteiger partial charge < -0.3 is 14.6 Å². The fourth-order valence-electron chi connectivity index (χ4n) is 2.06. The maximum Gasteiger partial charge on any atom is 0.231 e. The Morgan fingerprint density at radius 3 is 2.80 bits per heavy atom. The van der Waals surface area contributed by atoms with E-state index in [0.717, 1.165) is 6.07 Å².